The summed E-state index contributed by atoms with van der Waals surface area (Å²) in [5.41, 5.74) is 5.36. The van der Waals surface area contributed by atoms with Crippen LogP contribution in [0, 0.1) is 0 Å². The van der Waals surface area contributed by atoms with Gasteiger partial charge in [0.25, 0.3) is 0 Å². The fraction of sp³-hybridized carbons (Fsp3) is 0.587. The number of carbonyl (C=O) groups is 2. The van der Waals surface area contributed by atoms with Gasteiger partial charge < -0.3 is 20.1 Å². The zero-order valence-corrected chi connectivity index (χ0v) is 46.7. The number of allylic oxidation sites excluding steroid dienone is 24. The van der Waals surface area contributed by atoms with Gasteiger partial charge in [0.05, 0.1) is 13.2 Å². The molecule has 10 heteroatoms. The van der Waals surface area contributed by atoms with E-state index in [1.165, 1.54) is 51.4 Å². The lowest BCUT2D eigenvalue weighted by Gasteiger charge is -2.19. The SMILES string of the molecule is CC/C=C\C/C=C\C/C=C\C/C=C\C/C=C\C/C=C\C/C=C\C/C=C\C/C=C\C/C=C\C/C=C\C/C=C\CCCCCCC(=O)OC(COC(=O)CCCCCCCCCCCCC)COP(=O)(O)OCCN. The number of hydrogen-bond donors (Lipinski definition) is 2. The van der Waals surface area contributed by atoms with E-state index in [1.807, 2.05) is 0 Å². The number of phosphoric ester groups is 1. The summed E-state index contributed by atoms with van der Waals surface area (Å²) in [7, 11) is -4.40. The Morgan fingerprint density at radius 1 is 0.425 bits per heavy atom. The Hall–Kier alpha value is -4.11. The Labute approximate surface area is 446 Å². The van der Waals surface area contributed by atoms with Gasteiger partial charge in [0.2, 0.25) is 0 Å². The van der Waals surface area contributed by atoms with Crippen molar-refractivity contribution in [3.8, 4) is 0 Å². The predicted octanol–water partition coefficient (Wildman–Crippen LogP) is 18.0. The number of carbonyl (C=O) groups excluding carboxylic acids is 2. The van der Waals surface area contributed by atoms with Crippen LogP contribution in [-0.4, -0.2) is 49.3 Å². The molecule has 0 fully saturated rings. The Morgan fingerprint density at radius 2 is 0.753 bits per heavy atom. The highest BCUT2D eigenvalue weighted by atomic mass is 31.2. The van der Waals surface area contributed by atoms with Crippen molar-refractivity contribution in [1.29, 1.82) is 0 Å². The van der Waals surface area contributed by atoms with Gasteiger partial charge in [-0.15, -0.1) is 0 Å². The zero-order chi connectivity index (χ0) is 53.1. The van der Waals surface area contributed by atoms with Gasteiger partial charge in [0.15, 0.2) is 6.10 Å². The monoisotopic (exact) mass is 1030 g/mol. The van der Waals surface area contributed by atoms with Gasteiger partial charge in [-0.25, -0.2) is 4.57 Å². The lowest BCUT2D eigenvalue weighted by molar-refractivity contribution is -0.161. The molecule has 0 aliphatic heterocycles. The van der Waals surface area contributed by atoms with Crippen LogP contribution in [0.1, 0.15) is 206 Å². The molecule has 2 atom stereocenters. The molecule has 2 unspecified atom stereocenters. The van der Waals surface area contributed by atoms with E-state index >= 15 is 0 Å². The van der Waals surface area contributed by atoms with Crippen LogP contribution in [0.4, 0.5) is 0 Å². The second-order valence-electron chi connectivity index (χ2n) is 18.1. The number of ether oxygens (including phenoxy) is 2. The van der Waals surface area contributed by atoms with Crippen molar-refractivity contribution in [3.63, 3.8) is 0 Å². The van der Waals surface area contributed by atoms with E-state index in [0.29, 0.717) is 6.42 Å². The molecule has 0 spiro atoms. The van der Waals surface area contributed by atoms with Crippen molar-refractivity contribution >= 4 is 19.8 Å². The number of esters is 2. The van der Waals surface area contributed by atoms with Crippen molar-refractivity contribution < 1.29 is 37.6 Å². The highest BCUT2D eigenvalue weighted by Crippen LogP contribution is 2.43. The molecule has 0 aromatic rings. The number of rotatable bonds is 51. The third-order valence-electron chi connectivity index (χ3n) is 11.2. The first-order valence-corrected chi connectivity index (χ1v) is 29.8. The highest BCUT2D eigenvalue weighted by Gasteiger charge is 2.26. The lowest BCUT2D eigenvalue weighted by atomic mass is 10.1. The minimum Gasteiger partial charge on any atom is -0.462 e. The molecule has 3 N–H and O–H groups in total. The molecule has 0 saturated heterocycles. The lowest BCUT2D eigenvalue weighted by Crippen LogP contribution is -2.29. The number of nitrogens with two attached hydrogens (primary N) is 1. The molecule has 0 rings (SSSR count). The summed E-state index contributed by atoms with van der Waals surface area (Å²) in [5, 5.41) is 0. The Bertz CT molecular complexity index is 1700. The molecule has 0 aromatic heterocycles. The first-order valence-electron chi connectivity index (χ1n) is 28.3. The largest absolute Gasteiger partial charge is 0.472 e. The summed E-state index contributed by atoms with van der Waals surface area (Å²) in [4.78, 5) is 35.0. The fourth-order valence-electron chi connectivity index (χ4n) is 7.09. The third kappa shape index (κ3) is 57.0. The minimum atomic E-state index is -4.40. The molecule has 0 aromatic carbocycles. The second-order valence-corrected chi connectivity index (χ2v) is 19.5. The van der Waals surface area contributed by atoms with Crippen molar-refractivity contribution in [2.24, 2.45) is 5.73 Å². The van der Waals surface area contributed by atoms with E-state index in [2.05, 4.69) is 160 Å². The van der Waals surface area contributed by atoms with E-state index in [-0.39, 0.29) is 32.6 Å². The maximum Gasteiger partial charge on any atom is 0.472 e. The molecule has 9 nitrogen and oxygen atoms in total. The normalized spacial score (nSPS) is 14.2. The van der Waals surface area contributed by atoms with Crippen LogP contribution >= 0.6 is 7.82 Å². The van der Waals surface area contributed by atoms with E-state index in [9.17, 15) is 19.0 Å². The number of hydrogen-bond acceptors (Lipinski definition) is 8. The average molecular weight is 1030 g/mol. The Balaban J connectivity index is 4.03. The molecule has 412 valence electrons. The fourth-order valence-corrected chi connectivity index (χ4v) is 7.85. The summed E-state index contributed by atoms with van der Waals surface area (Å²) < 4.78 is 32.8. The van der Waals surface area contributed by atoms with E-state index in [0.717, 1.165) is 122 Å². The number of unbranched alkanes of at least 4 members (excludes halogenated alkanes) is 14. The van der Waals surface area contributed by atoms with Gasteiger partial charge in [-0.05, 0) is 103 Å². The van der Waals surface area contributed by atoms with Gasteiger partial charge in [-0.3, -0.25) is 18.6 Å². The van der Waals surface area contributed by atoms with Crippen LogP contribution in [0.5, 0.6) is 0 Å². The maximum atomic E-state index is 12.6. The van der Waals surface area contributed by atoms with Crippen LogP contribution in [0.15, 0.2) is 146 Å². The van der Waals surface area contributed by atoms with Gasteiger partial charge >= 0.3 is 19.8 Å². The van der Waals surface area contributed by atoms with Crippen molar-refractivity contribution in [2.75, 3.05) is 26.4 Å². The van der Waals surface area contributed by atoms with E-state index < -0.39 is 32.5 Å². The summed E-state index contributed by atoms with van der Waals surface area (Å²) >= 11 is 0. The molecule has 0 aliphatic carbocycles. The molecule has 0 radical (unpaired) electrons. The summed E-state index contributed by atoms with van der Waals surface area (Å²) in [6.07, 6.45) is 82.0. The molecule has 73 heavy (non-hydrogen) atoms. The Morgan fingerprint density at radius 3 is 1.12 bits per heavy atom. The maximum absolute atomic E-state index is 12.6. The van der Waals surface area contributed by atoms with Gasteiger partial charge in [-0.1, -0.05) is 237 Å². The van der Waals surface area contributed by atoms with Crippen molar-refractivity contribution in [3.05, 3.63) is 146 Å². The number of phosphoric acid groups is 1. The molecular formula is C63H102NO8P. The minimum absolute atomic E-state index is 0.0427. The zero-order valence-electron chi connectivity index (χ0n) is 45.8. The summed E-state index contributed by atoms with van der Waals surface area (Å²) in [6.45, 7) is 3.56. The molecular weight excluding hydrogens is 930 g/mol. The first-order chi connectivity index (χ1) is 35.8. The van der Waals surface area contributed by atoms with Gasteiger partial charge in [0, 0.05) is 19.4 Å². The molecule has 0 heterocycles. The molecule has 0 saturated carbocycles. The smallest absolute Gasteiger partial charge is 0.462 e. The second kappa shape index (κ2) is 57.2. The average Bonchev–Trinajstić information content (AvgIpc) is 3.38. The molecule has 0 aliphatic rings. The van der Waals surface area contributed by atoms with E-state index in [1.54, 1.807) is 0 Å². The van der Waals surface area contributed by atoms with Crippen LogP contribution < -0.4 is 5.73 Å². The van der Waals surface area contributed by atoms with E-state index in [4.69, 9.17) is 24.3 Å². The van der Waals surface area contributed by atoms with Crippen molar-refractivity contribution in [2.45, 2.75) is 213 Å². The quantitative estimate of drug-likeness (QED) is 0.0264. The third-order valence-corrected chi connectivity index (χ3v) is 12.2. The Kier molecular flexibility index (Phi) is 54.0. The van der Waals surface area contributed by atoms with Crippen LogP contribution in [0.3, 0.4) is 0 Å². The van der Waals surface area contributed by atoms with Crippen molar-refractivity contribution in [1.82, 2.24) is 0 Å². The van der Waals surface area contributed by atoms with Crippen LogP contribution in [0.2, 0.25) is 0 Å². The van der Waals surface area contributed by atoms with Crippen LogP contribution in [-0.2, 0) is 32.7 Å². The topological polar surface area (TPSA) is 134 Å². The molecule has 0 amide bonds. The standard InChI is InChI=1S/C63H102NO8P/c1-3-5-7-9-11-13-15-16-17-18-19-20-21-22-23-24-25-26-27-28-29-30-31-32-33-34-35-36-37-38-39-40-41-42-43-44-46-48-50-52-54-56-63(66)72-61(60-71-73(67,68)70-58-57-64)59-69-62(65)55-53-51-49-47-45-14-12-10-8-6-4-2/h5,7,11,13,16-17,19-20,22-23,25-26,28-29,31-32,34-35,37-38,40-41,43-44,61H,3-4,6,8-10,12,14-15,18,21,24,27,30,33,36,39,42,45-60,64H2,1-2H3,(H,67,68)/b7-5-,13-11-,17-16-,20-19-,23-22-,26-25-,29-28-,32-31-,35-34-,38-37-,41-40-,44-43-. The predicted molar refractivity (Wildman–Crippen MR) is 311 cm³/mol. The van der Waals surface area contributed by atoms with Gasteiger partial charge in [-0.2, -0.15) is 0 Å². The van der Waals surface area contributed by atoms with Gasteiger partial charge in [0.1, 0.15) is 6.61 Å². The summed E-state index contributed by atoms with van der Waals surface area (Å²) in [5.74, 6) is -0.867. The highest BCUT2D eigenvalue weighted by molar-refractivity contribution is 7.47. The molecule has 0 bridgehead atoms. The first kappa shape index (κ1) is 68.9. The van der Waals surface area contributed by atoms with Crippen LogP contribution in [0.25, 0.3) is 0 Å². The summed E-state index contributed by atoms with van der Waals surface area (Å²) in [6, 6.07) is 0.